The fraction of sp³-hybridized carbons (Fsp3) is 0.444. The quantitative estimate of drug-likeness (QED) is 0.684. The molecule has 1 aliphatic carbocycles. The molecule has 3 aliphatic rings. The van der Waals surface area contributed by atoms with Crippen LogP contribution in [-0.2, 0) is 4.79 Å². The molecule has 0 bridgehead atoms. The van der Waals surface area contributed by atoms with Gasteiger partial charge < -0.3 is 15.1 Å². The number of rotatable bonds is 5. The van der Waals surface area contributed by atoms with E-state index in [2.05, 4.69) is 52.5 Å². The average Bonchev–Trinajstić information content (AvgIpc) is 3.29. The van der Waals surface area contributed by atoms with Gasteiger partial charge in [0.05, 0.1) is 5.69 Å². The van der Waals surface area contributed by atoms with Gasteiger partial charge in [0, 0.05) is 50.2 Å². The zero-order valence-corrected chi connectivity index (χ0v) is 19.7. The molecule has 3 heterocycles. The maximum atomic E-state index is 12.1. The highest BCUT2D eigenvalue weighted by atomic mass is 16.2. The van der Waals surface area contributed by atoms with Crippen molar-refractivity contribution in [2.75, 3.05) is 36.4 Å². The second-order valence-electron chi connectivity index (χ2n) is 9.34. The molecule has 33 heavy (non-hydrogen) atoms. The zero-order chi connectivity index (χ0) is 22.8. The Kier molecular flexibility index (Phi) is 6.16. The number of amides is 1. The van der Waals surface area contributed by atoms with Gasteiger partial charge in [-0.2, -0.15) is 0 Å². The number of hydrogen-bond donors (Lipinski definition) is 1. The predicted molar refractivity (Wildman–Crippen MR) is 134 cm³/mol. The Hall–Kier alpha value is -3.15. The van der Waals surface area contributed by atoms with Crippen LogP contribution in [0.4, 0.5) is 17.3 Å². The number of hydrogen-bond acceptors (Lipinski definition) is 5. The summed E-state index contributed by atoms with van der Waals surface area (Å²) in [7, 11) is 0. The molecule has 1 aromatic carbocycles. The molecule has 1 fully saturated rings. The van der Waals surface area contributed by atoms with Crippen LogP contribution in [0, 0.1) is 6.92 Å². The molecule has 0 saturated carbocycles. The normalized spacial score (nSPS) is 18.3. The minimum atomic E-state index is 0.236. The molecular weight excluding hydrogens is 410 g/mol. The molecule has 6 heteroatoms. The lowest BCUT2D eigenvalue weighted by molar-refractivity contribution is -0.130. The summed E-state index contributed by atoms with van der Waals surface area (Å²) in [6.07, 6.45) is 10.5. The fourth-order valence-corrected chi connectivity index (χ4v) is 5.12. The minimum absolute atomic E-state index is 0.236. The summed E-state index contributed by atoms with van der Waals surface area (Å²) in [6, 6.07) is 8.59. The van der Waals surface area contributed by atoms with Crippen molar-refractivity contribution in [3.05, 3.63) is 58.9 Å². The first-order chi connectivity index (χ1) is 16.1. The maximum absolute atomic E-state index is 12.1. The smallest absolute Gasteiger partial charge is 0.227 e. The van der Waals surface area contributed by atoms with Crippen LogP contribution in [0.3, 0.4) is 0 Å². The SMILES string of the molecule is CCC(=O)N1CCC2=C(C=C(c3nc(Nc4ccc(N5CCCCC5)cc4)ncc3C)C2)C1. The van der Waals surface area contributed by atoms with E-state index in [-0.39, 0.29) is 5.91 Å². The lowest BCUT2D eigenvalue weighted by Crippen LogP contribution is -2.35. The Bertz CT molecular complexity index is 1100. The Morgan fingerprint density at radius 1 is 1.09 bits per heavy atom. The van der Waals surface area contributed by atoms with Crippen molar-refractivity contribution in [2.24, 2.45) is 0 Å². The lowest BCUT2D eigenvalue weighted by atomic mass is 10.0. The Balaban J connectivity index is 1.29. The number of nitrogens with one attached hydrogen (secondary N) is 1. The van der Waals surface area contributed by atoms with Crippen molar-refractivity contribution in [3.8, 4) is 0 Å². The van der Waals surface area contributed by atoms with E-state index in [0.717, 1.165) is 56.0 Å². The number of benzene rings is 1. The third kappa shape index (κ3) is 4.65. The number of piperidine rings is 1. The lowest BCUT2D eigenvalue weighted by Gasteiger charge is -2.28. The van der Waals surface area contributed by atoms with Gasteiger partial charge >= 0.3 is 0 Å². The predicted octanol–water partition coefficient (Wildman–Crippen LogP) is 5.24. The first-order valence-corrected chi connectivity index (χ1v) is 12.3. The third-order valence-electron chi connectivity index (χ3n) is 7.03. The van der Waals surface area contributed by atoms with Crippen LogP contribution in [0.5, 0.6) is 0 Å². The van der Waals surface area contributed by atoms with Crippen molar-refractivity contribution in [2.45, 2.75) is 52.4 Å². The van der Waals surface area contributed by atoms with Crippen molar-refractivity contribution >= 4 is 28.8 Å². The standard InChI is InChI=1S/C27H33N5O/c1-3-25(33)32-14-11-20-15-21(16-22(20)18-32)26-19(2)17-28-27(30-26)29-23-7-9-24(10-8-23)31-12-5-4-6-13-31/h7-10,16-17H,3-6,11-15,18H2,1-2H3,(H,28,29,30). The van der Waals surface area contributed by atoms with Gasteiger partial charge in [-0.15, -0.1) is 0 Å². The Labute approximate surface area is 196 Å². The Morgan fingerprint density at radius 3 is 2.64 bits per heavy atom. The molecule has 2 aliphatic heterocycles. The number of allylic oxidation sites excluding steroid dienone is 1. The number of carbonyl (C=O) groups excluding carboxylic acids is 1. The van der Waals surface area contributed by atoms with Crippen LogP contribution >= 0.6 is 0 Å². The van der Waals surface area contributed by atoms with E-state index in [0.29, 0.717) is 12.4 Å². The topological polar surface area (TPSA) is 61.4 Å². The molecule has 172 valence electrons. The van der Waals surface area contributed by atoms with Crippen molar-refractivity contribution < 1.29 is 4.79 Å². The molecule has 0 atom stereocenters. The number of anilines is 3. The van der Waals surface area contributed by atoms with E-state index >= 15 is 0 Å². The number of aromatic nitrogens is 2. The van der Waals surface area contributed by atoms with Gasteiger partial charge in [0.2, 0.25) is 11.9 Å². The average molecular weight is 444 g/mol. The summed E-state index contributed by atoms with van der Waals surface area (Å²) in [5, 5.41) is 3.38. The van der Waals surface area contributed by atoms with Crippen LogP contribution in [0.1, 0.15) is 56.7 Å². The van der Waals surface area contributed by atoms with E-state index in [9.17, 15) is 4.79 Å². The van der Waals surface area contributed by atoms with Crippen LogP contribution in [0.2, 0.25) is 0 Å². The van der Waals surface area contributed by atoms with Gasteiger partial charge in [-0.1, -0.05) is 18.6 Å². The molecule has 1 N–H and O–H groups in total. The number of aryl methyl sites for hydroxylation is 1. The van der Waals surface area contributed by atoms with Gasteiger partial charge in [0.15, 0.2) is 0 Å². The highest BCUT2D eigenvalue weighted by Crippen LogP contribution is 2.37. The van der Waals surface area contributed by atoms with Gasteiger partial charge in [-0.05, 0) is 80.0 Å². The second-order valence-corrected chi connectivity index (χ2v) is 9.34. The second kappa shape index (κ2) is 9.38. The molecule has 1 aromatic heterocycles. The highest BCUT2D eigenvalue weighted by Gasteiger charge is 2.26. The zero-order valence-electron chi connectivity index (χ0n) is 19.7. The molecule has 5 rings (SSSR count). The molecule has 1 saturated heterocycles. The van der Waals surface area contributed by atoms with E-state index in [1.165, 1.54) is 41.7 Å². The number of carbonyl (C=O) groups is 1. The van der Waals surface area contributed by atoms with Crippen LogP contribution in [-0.4, -0.2) is 47.0 Å². The van der Waals surface area contributed by atoms with Crippen molar-refractivity contribution in [3.63, 3.8) is 0 Å². The van der Waals surface area contributed by atoms with Crippen LogP contribution in [0.25, 0.3) is 5.57 Å². The summed E-state index contributed by atoms with van der Waals surface area (Å²) < 4.78 is 0. The molecule has 0 unspecified atom stereocenters. The molecule has 1 amide bonds. The van der Waals surface area contributed by atoms with Gasteiger partial charge in [0.1, 0.15) is 0 Å². The maximum Gasteiger partial charge on any atom is 0.227 e. The first-order valence-electron chi connectivity index (χ1n) is 12.3. The molecular formula is C27H33N5O. The molecule has 0 spiro atoms. The Morgan fingerprint density at radius 2 is 1.88 bits per heavy atom. The molecule has 0 radical (unpaired) electrons. The first kappa shape index (κ1) is 21.7. The van der Waals surface area contributed by atoms with Crippen molar-refractivity contribution in [1.29, 1.82) is 0 Å². The number of nitrogens with zero attached hydrogens (tertiary/aromatic N) is 4. The molecule has 6 nitrogen and oxygen atoms in total. The summed E-state index contributed by atoms with van der Waals surface area (Å²) in [6.45, 7) is 7.85. The summed E-state index contributed by atoms with van der Waals surface area (Å²) >= 11 is 0. The largest absolute Gasteiger partial charge is 0.372 e. The monoisotopic (exact) mass is 443 g/mol. The van der Waals surface area contributed by atoms with Gasteiger partial charge in [0.25, 0.3) is 0 Å². The van der Waals surface area contributed by atoms with Crippen LogP contribution < -0.4 is 10.2 Å². The van der Waals surface area contributed by atoms with E-state index in [1.54, 1.807) is 0 Å². The fourth-order valence-electron chi connectivity index (χ4n) is 5.12. The van der Waals surface area contributed by atoms with E-state index in [4.69, 9.17) is 4.98 Å². The molecule has 2 aromatic rings. The van der Waals surface area contributed by atoms with Gasteiger partial charge in [-0.3, -0.25) is 4.79 Å². The minimum Gasteiger partial charge on any atom is -0.372 e. The van der Waals surface area contributed by atoms with E-state index < -0.39 is 0 Å². The summed E-state index contributed by atoms with van der Waals surface area (Å²) in [5.74, 6) is 0.856. The third-order valence-corrected chi connectivity index (χ3v) is 7.03. The van der Waals surface area contributed by atoms with Crippen molar-refractivity contribution in [1.82, 2.24) is 14.9 Å². The van der Waals surface area contributed by atoms with Gasteiger partial charge in [-0.25, -0.2) is 9.97 Å². The van der Waals surface area contributed by atoms with Crippen LogP contribution in [0.15, 0.2) is 47.7 Å². The highest BCUT2D eigenvalue weighted by molar-refractivity contribution is 5.79. The summed E-state index contributed by atoms with van der Waals surface area (Å²) in [5.41, 5.74) is 8.33. The summed E-state index contributed by atoms with van der Waals surface area (Å²) in [4.78, 5) is 26.0. The van der Waals surface area contributed by atoms with E-state index in [1.807, 2.05) is 18.0 Å².